The molecule has 0 atom stereocenters. The van der Waals surface area contributed by atoms with Crippen LogP contribution in [0.3, 0.4) is 0 Å². The Morgan fingerprint density at radius 1 is 1.19 bits per heavy atom. The molecule has 4 aromatic rings. The zero-order valence-corrected chi connectivity index (χ0v) is 18.7. The summed E-state index contributed by atoms with van der Waals surface area (Å²) in [6, 6.07) is 16.0. The van der Waals surface area contributed by atoms with E-state index in [1.807, 2.05) is 58.8 Å². The van der Waals surface area contributed by atoms with Gasteiger partial charge in [-0.3, -0.25) is 4.79 Å². The van der Waals surface area contributed by atoms with Gasteiger partial charge in [-0.05, 0) is 36.4 Å². The van der Waals surface area contributed by atoms with Crippen LogP contribution in [0.4, 0.5) is 5.82 Å². The van der Waals surface area contributed by atoms with Crippen LogP contribution in [0.5, 0.6) is 0 Å². The zero-order chi connectivity index (χ0) is 21.2. The summed E-state index contributed by atoms with van der Waals surface area (Å²) in [6.07, 6.45) is 3.07. The second kappa shape index (κ2) is 8.68. The first kappa shape index (κ1) is 20.0. The molecule has 3 aromatic heterocycles. The molecular weight excluding hydrogens is 428 g/mol. The number of amides is 1. The molecule has 3 heterocycles. The Hall–Kier alpha value is -2.91. The van der Waals surface area contributed by atoms with E-state index in [-0.39, 0.29) is 11.7 Å². The molecule has 0 aliphatic heterocycles. The Balaban J connectivity index is 1.26. The summed E-state index contributed by atoms with van der Waals surface area (Å²) in [5.74, 6) is 2.27. The van der Waals surface area contributed by atoms with E-state index in [1.165, 1.54) is 16.6 Å². The van der Waals surface area contributed by atoms with E-state index >= 15 is 0 Å². The standard InChI is InChI=1S/C22H22N6OS2/c1-27-20(12-17-8-5-11-30-17)24-25-22(27)31-14-21(29)23-19-13-18(15-9-10-15)26-28(19)16-6-3-2-4-7-16/h2-8,11,13,15H,9-10,12,14H2,1H3,(H,23,29). The largest absolute Gasteiger partial charge is 0.310 e. The van der Waals surface area contributed by atoms with Crippen LogP contribution in [0.25, 0.3) is 5.69 Å². The van der Waals surface area contributed by atoms with Gasteiger partial charge >= 0.3 is 0 Å². The van der Waals surface area contributed by atoms with Crippen LogP contribution in [0.2, 0.25) is 0 Å². The van der Waals surface area contributed by atoms with Gasteiger partial charge in [0.2, 0.25) is 5.91 Å². The molecular formula is C22H22N6OS2. The number of nitrogens with zero attached hydrogens (tertiary/aromatic N) is 5. The SMILES string of the molecule is Cn1c(Cc2cccs2)nnc1SCC(=O)Nc1cc(C2CC2)nn1-c1ccccc1. The van der Waals surface area contributed by atoms with Crippen molar-refractivity contribution in [3.8, 4) is 5.69 Å². The smallest absolute Gasteiger partial charge is 0.236 e. The number of carbonyl (C=O) groups is 1. The van der Waals surface area contributed by atoms with E-state index in [1.54, 1.807) is 11.3 Å². The van der Waals surface area contributed by atoms with Crippen LogP contribution in [0.1, 0.15) is 35.2 Å². The average Bonchev–Trinajstić information content (AvgIpc) is 3.18. The lowest BCUT2D eigenvalue weighted by molar-refractivity contribution is -0.113. The molecule has 0 saturated heterocycles. The third kappa shape index (κ3) is 4.57. The quantitative estimate of drug-likeness (QED) is 0.406. The first-order valence-electron chi connectivity index (χ1n) is 10.2. The summed E-state index contributed by atoms with van der Waals surface area (Å²) >= 11 is 3.09. The second-order valence-corrected chi connectivity index (χ2v) is 9.50. The molecule has 0 spiro atoms. The Bertz CT molecular complexity index is 1180. The number of hydrogen-bond acceptors (Lipinski definition) is 6. The van der Waals surface area contributed by atoms with Crippen molar-refractivity contribution in [2.45, 2.75) is 30.3 Å². The van der Waals surface area contributed by atoms with Crippen molar-refractivity contribution in [3.63, 3.8) is 0 Å². The van der Waals surface area contributed by atoms with E-state index in [0.29, 0.717) is 11.7 Å². The number of thioether (sulfide) groups is 1. The predicted octanol–water partition coefficient (Wildman–Crippen LogP) is 4.26. The van der Waals surface area contributed by atoms with Crippen molar-refractivity contribution < 1.29 is 4.79 Å². The summed E-state index contributed by atoms with van der Waals surface area (Å²) < 4.78 is 3.77. The van der Waals surface area contributed by atoms with E-state index in [0.717, 1.165) is 41.6 Å². The van der Waals surface area contributed by atoms with Crippen LogP contribution >= 0.6 is 23.1 Å². The molecule has 1 amide bonds. The Labute approximate surface area is 188 Å². The fraction of sp³-hybridized carbons (Fsp3) is 0.273. The molecule has 1 saturated carbocycles. The van der Waals surface area contributed by atoms with Crippen molar-refractivity contribution in [1.29, 1.82) is 0 Å². The number of rotatable bonds is 8. The van der Waals surface area contributed by atoms with Gasteiger partial charge in [-0.15, -0.1) is 21.5 Å². The van der Waals surface area contributed by atoms with Crippen molar-refractivity contribution in [2.75, 3.05) is 11.1 Å². The van der Waals surface area contributed by atoms with Gasteiger partial charge in [-0.2, -0.15) is 5.10 Å². The highest BCUT2D eigenvalue weighted by molar-refractivity contribution is 7.99. The number of aromatic nitrogens is 5. The third-order valence-electron chi connectivity index (χ3n) is 5.16. The Kier molecular flexibility index (Phi) is 5.61. The topological polar surface area (TPSA) is 77.6 Å². The van der Waals surface area contributed by atoms with Gasteiger partial charge in [0, 0.05) is 30.3 Å². The minimum Gasteiger partial charge on any atom is -0.310 e. The second-order valence-electron chi connectivity index (χ2n) is 7.53. The molecule has 1 fully saturated rings. The number of benzene rings is 1. The van der Waals surface area contributed by atoms with Gasteiger partial charge in [0.05, 0.1) is 17.1 Å². The van der Waals surface area contributed by atoms with E-state index in [2.05, 4.69) is 27.0 Å². The highest BCUT2D eigenvalue weighted by Gasteiger charge is 2.28. The van der Waals surface area contributed by atoms with Gasteiger partial charge < -0.3 is 9.88 Å². The predicted molar refractivity (Wildman–Crippen MR) is 123 cm³/mol. The molecule has 1 aromatic carbocycles. The fourth-order valence-corrected chi connectivity index (χ4v) is 4.77. The van der Waals surface area contributed by atoms with Gasteiger partial charge in [0.1, 0.15) is 11.6 Å². The monoisotopic (exact) mass is 450 g/mol. The maximum Gasteiger partial charge on any atom is 0.236 e. The van der Waals surface area contributed by atoms with Gasteiger partial charge in [0.25, 0.3) is 0 Å². The van der Waals surface area contributed by atoms with Crippen molar-refractivity contribution >= 4 is 34.8 Å². The summed E-state index contributed by atoms with van der Waals surface area (Å²) in [6.45, 7) is 0. The number of carbonyl (C=O) groups excluding carboxylic acids is 1. The van der Waals surface area contributed by atoms with Crippen molar-refractivity contribution in [3.05, 3.63) is 70.3 Å². The van der Waals surface area contributed by atoms with Gasteiger partial charge in [0.15, 0.2) is 5.16 Å². The number of anilines is 1. The molecule has 1 aliphatic rings. The van der Waals surface area contributed by atoms with E-state index in [9.17, 15) is 4.79 Å². The van der Waals surface area contributed by atoms with E-state index < -0.39 is 0 Å². The van der Waals surface area contributed by atoms with Gasteiger partial charge in [-0.25, -0.2) is 4.68 Å². The Morgan fingerprint density at radius 2 is 2.03 bits per heavy atom. The maximum atomic E-state index is 12.7. The molecule has 1 N–H and O–H groups in total. The molecule has 1 aliphatic carbocycles. The molecule has 9 heteroatoms. The highest BCUT2D eigenvalue weighted by atomic mass is 32.2. The summed E-state index contributed by atoms with van der Waals surface area (Å²) in [5, 5.41) is 19.1. The van der Waals surface area contributed by atoms with Crippen LogP contribution in [-0.4, -0.2) is 36.2 Å². The Morgan fingerprint density at radius 3 is 2.77 bits per heavy atom. The summed E-state index contributed by atoms with van der Waals surface area (Å²) in [4.78, 5) is 14.0. The summed E-state index contributed by atoms with van der Waals surface area (Å²) in [5.41, 5.74) is 1.97. The minimum atomic E-state index is -0.0905. The maximum absolute atomic E-state index is 12.7. The first-order valence-corrected chi connectivity index (χ1v) is 12.0. The van der Waals surface area contributed by atoms with Crippen LogP contribution in [0.15, 0.2) is 59.1 Å². The third-order valence-corrected chi connectivity index (χ3v) is 7.06. The normalized spacial score (nSPS) is 13.5. The van der Waals surface area contributed by atoms with Gasteiger partial charge in [-0.1, -0.05) is 36.0 Å². The summed E-state index contributed by atoms with van der Waals surface area (Å²) in [7, 11) is 1.94. The molecule has 5 rings (SSSR count). The minimum absolute atomic E-state index is 0.0905. The molecule has 0 bridgehead atoms. The number of thiophene rings is 1. The van der Waals surface area contributed by atoms with Crippen molar-refractivity contribution in [1.82, 2.24) is 24.5 Å². The molecule has 0 unspecified atom stereocenters. The molecule has 7 nitrogen and oxygen atoms in total. The average molecular weight is 451 g/mol. The number of hydrogen-bond donors (Lipinski definition) is 1. The lowest BCUT2D eigenvalue weighted by atomic mass is 10.3. The molecule has 158 valence electrons. The first-order chi connectivity index (χ1) is 15.2. The molecule has 31 heavy (non-hydrogen) atoms. The highest BCUT2D eigenvalue weighted by Crippen LogP contribution is 2.40. The van der Waals surface area contributed by atoms with Crippen LogP contribution in [0, 0.1) is 0 Å². The number of nitrogens with one attached hydrogen (secondary N) is 1. The number of para-hydroxylation sites is 1. The van der Waals surface area contributed by atoms with E-state index in [4.69, 9.17) is 5.10 Å². The van der Waals surface area contributed by atoms with Crippen LogP contribution in [-0.2, 0) is 18.3 Å². The lowest BCUT2D eigenvalue weighted by Gasteiger charge is -2.08. The molecule has 0 radical (unpaired) electrons. The lowest BCUT2D eigenvalue weighted by Crippen LogP contribution is -2.17. The zero-order valence-electron chi connectivity index (χ0n) is 17.1. The van der Waals surface area contributed by atoms with Crippen LogP contribution < -0.4 is 5.32 Å². The van der Waals surface area contributed by atoms with Crippen molar-refractivity contribution in [2.24, 2.45) is 7.05 Å². The fourth-order valence-electron chi connectivity index (χ4n) is 3.34.